The molecule has 0 spiro atoms. The van der Waals surface area contributed by atoms with Crippen LogP contribution in [-0.4, -0.2) is 23.2 Å². The molecule has 134 valence electrons. The number of carbonyl (C=O) groups is 2. The summed E-state index contributed by atoms with van der Waals surface area (Å²) in [6.45, 7) is 7.87. The molecule has 7 heteroatoms. The van der Waals surface area contributed by atoms with Gasteiger partial charge in [-0.25, -0.2) is 9.59 Å². The van der Waals surface area contributed by atoms with E-state index in [2.05, 4.69) is 15.8 Å². The van der Waals surface area contributed by atoms with Gasteiger partial charge in [-0.1, -0.05) is 17.3 Å². The molecule has 0 fully saturated rings. The number of ether oxygens (including phenoxy) is 1. The Labute approximate surface area is 146 Å². The van der Waals surface area contributed by atoms with E-state index in [1.165, 1.54) is 0 Å². The third-order valence-electron chi connectivity index (χ3n) is 3.59. The molecular formula is C18H23N3O4. The van der Waals surface area contributed by atoms with E-state index in [4.69, 9.17) is 9.26 Å². The lowest BCUT2D eigenvalue weighted by Gasteiger charge is -2.10. The van der Waals surface area contributed by atoms with E-state index in [0.717, 1.165) is 11.1 Å². The summed E-state index contributed by atoms with van der Waals surface area (Å²) in [6.07, 6.45) is 0. The highest BCUT2D eigenvalue weighted by Crippen LogP contribution is 2.14. The number of nitrogens with one attached hydrogen (secondary N) is 2. The molecule has 0 saturated carbocycles. The summed E-state index contributed by atoms with van der Waals surface area (Å²) in [6, 6.07) is 6.76. The summed E-state index contributed by atoms with van der Waals surface area (Å²) in [4.78, 5) is 23.7. The highest BCUT2D eigenvalue weighted by molar-refractivity contribution is 5.89. The van der Waals surface area contributed by atoms with Crippen molar-refractivity contribution in [3.05, 3.63) is 52.4 Å². The van der Waals surface area contributed by atoms with Crippen molar-refractivity contribution < 1.29 is 18.8 Å². The van der Waals surface area contributed by atoms with Crippen molar-refractivity contribution in [2.24, 2.45) is 0 Å². The van der Waals surface area contributed by atoms with Gasteiger partial charge in [0.05, 0.1) is 16.8 Å². The summed E-state index contributed by atoms with van der Waals surface area (Å²) in [5.41, 5.74) is 2.83. The van der Waals surface area contributed by atoms with Gasteiger partial charge in [0.25, 0.3) is 0 Å². The first-order chi connectivity index (χ1) is 11.9. The molecule has 2 rings (SSSR count). The molecule has 2 aromatic rings. The first-order valence-corrected chi connectivity index (χ1v) is 8.09. The van der Waals surface area contributed by atoms with Crippen molar-refractivity contribution >= 4 is 12.0 Å². The van der Waals surface area contributed by atoms with Gasteiger partial charge in [0.15, 0.2) is 0 Å². The van der Waals surface area contributed by atoms with Gasteiger partial charge in [-0.3, -0.25) is 0 Å². The molecule has 0 atom stereocenters. The van der Waals surface area contributed by atoms with E-state index >= 15 is 0 Å². The minimum absolute atomic E-state index is 0.0786. The quantitative estimate of drug-likeness (QED) is 0.785. The van der Waals surface area contributed by atoms with Gasteiger partial charge in [0.2, 0.25) is 0 Å². The van der Waals surface area contributed by atoms with Crippen LogP contribution in [0.4, 0.5) is 4.79 Å². The molecule has 1 aromatic heterocycles. The number of esters is 1. The van der Waals surface area contributed by atoms with Crippen LogP contribution in [0.25, 0.3) is 0 Å². The van der Waals surface area contributed by atoms with Crippen LogP contribution in [-0.2, 0) is 17.9 Å². The zero-order valence-corrected chi connectivity index (χ0v) is 14.9. The number of hydrogen-bond acceptors (Lipinski definition) is 5. The standard InChI is InChI=1S/C18H23N3O4/c1-11(2)20-18(23)19-9-14-5-7-15(8-6-14)17(22)24-10-16-12(3)21-25-13(16)4/h5-8,11H,9-10H2,1-4H3,(H2,19,20,23). The number of hydrogen-bond donors (Lipinski definition) is 2. The van der Waals surface area contributed by atoms with Crippen LogP contribution in [0.3, 0.4) is 0 Å². The third kappa shape index (κ3) is 5.34. The molecule has 0 unspecified atom stereocenters. The Kier molecular flexibility index (Phi) is 6.16. The highest BCUT2D eigenvalue weighted by atomic mass is 16.5. The predicted octanol–water partition coefficient (Wildman–Crippen LogP) is 2.86. The van der Waals surface area contributed by atoms with Crippen LogP contribution in [0.1, 0.15) is 46.8 Å². The number of nitrogens with zero attached hydrogens (tertiary/aromatic N) is 1. The largest absolute Gasteiger partial charge is 0.457 e. The van der Waals surface area contributed by atoms with E-state index in [1.54, 1.807) is 38.1 Å². The third-order valence-corrected chi connectivity index (χ3v) is 3.59. The molecule has 0 radical (unpaired) electrons. The minimum atomic E-state index is -0.419. The first-order valence-electron chi connectivity index (χ1n) is 8.09. The number of carbonyl (C=O) groups excluding carboxylic acids is 2. The van der Waals surface area contributed by atoms with Gasteiger partial charge in [-0.15, -0.1) is 0 Å². The van der Waals surface area contributed by atoms with Crippen molar-refractivity contribution in [3.63, 3.8) is 0 Å². The maximum atomic E-state index is 12.1. The SMILES string of the molecule is Cc1noc(C)c1COC(=O)c1ccc(CNC(=O)NC(C)C)cc1. The fourth-order valence-electron chi connectivity index (χ4n) is 2.18. The summed E-state index contributed by atoms with van der Waals surface area (Å²) in [5.74, 6) is 0.225. The van der Waals surface area contributed by atoms with Crippen LogP contribution < -0.4 is 10.6 Å². The second kappa shape index (κ2) is 8.32. The fourth-order valence-corrected chi connectivity index (χ4v) is 2.18. The number of aryl methyl sites for hydroxylation is 2. The van der Waals surface area contributed by atoms with Crippen LogP contribution in [0.5, 0.6) is 0 Å². The molecule has 1 heterocycles. The Morgan fingerprint density at radius 1 is 1.20 bits per heavy atom. The molecule has 25 heavy (non-hydrogen) atoms. The summed E-state index contributed by atoms with van der Waals surface area (Å²) in [5, 5.41) is 9.32. The van der Waals surface area contributed by atoms with Crippen LogP contribution in [0.2, 0.25) is 0 Å². The van der Waals surface area contributed by atoms with Crippen LogP contribution in [0, 0.1) is 13.8 Å². The van der Waals surface area contributed by atoms with E-state index in [9.17, 15) is 9.59 Å². The zero-order chi connectivity index (χ0) is 18.4. The van der Waals surface area contributed by atoms with Gasteiger partial charge in [0.1, 0.15) is 12.4 Å². The van der Waals surface area contributed by atoms with Crippen LogP contribution in [0.15, 0.2) is 28.8 Å². The molecule has 2 N–H and O–H groups in total. The number of amides is 2. The first kappa shape index (κ1) is 18.5. The molecule has 0 aliphatic carbocycles. The van der Waals surface area contributed by atoms with E-state index < -0.39 is 5.97 Å². The molecule has 1 aromatic carbocycles. The van der Waals surface area contributed by atoms with Crippen molar-refractivity contribution in [2.75, 3.05) is 0 Å². The maximum Gasteiger partial charge on any atom is 0.338 e. The molecular weight excluding hydrogens is 322 g/mol. The fraction of sp³-hybridized carbons (Fsp3) is 0.389. The highest BCUT2D eigenvalue weighted by Gasteiger charge is 2.13. The van der Waals surface area contributed by atoms with Gasteiger partial charge in [-0.2, -0.15) is 0 Å². The van der Waals surface area contributed by atoms with Crippen molar-refractivity contribution in [1.82, 2.24) is 15.8 Å². The Bertz CT molecular complexity index is 716. The normalized spacial score (nSPS) is 10.6. The average Bonchev–Trinajstić information content (AvgIpc) is 2.89. The van der Waals surface area contributed by atoms with Crippen molar-refractivity contribution in [3.8, 4) is 0 Å². The lowest BCUT2D eigenvalue weighted by atomic mass is 10.1. The Morgan fingerprint density at radius 3 is 2.44 bits per heavy atom. The summed E-state index contributed by atoms with van der Waals surface area (Å²) >= 11 is 0. The van der Waals surface area contributed by atoms with E-state index in [-0.39, 0.29) is 18.7 Å². The van der Waals surface area contributed by atoms with Crippen molar-refractivity contribution in [1.29, 1.82) is 0 Å². The maximum absolute atomic E-state index is 12.1. The number of rotatable bonds is 6. The molecule has 7 nitrogen and oxygen atoms in total. The molecule has 0 bridgehead atoms. The number of urea groups is 1. The Morgan fingerprint density at radius 2 is 1.88 bits per heavy atom. The average molecular weight is 345 g/mol. The van der Waals surface area contributed by atoms with Crippen LogP contribution >= 0.6 is 0 Å². The zero-order valence-electron chi connectivity index (χ0n) is 14.9. The van der Waals surface area contributed by atoms with Gasteiger partial charge >= 0.3 is 12.0 Å². The Balaban J connectivity index is 1.86. The monoisotopic (exact) mass is 345 g/mol. The minimum Gasteiger partial charge on any atom is -0.457 e. The molecule has 0 aliphatic rings. The van der Waals surface area contributed by atoms with E-state index in [1.807, 2.05) is 13.8 Å². The molecule has 0 saturated heterocycles. The second-order valence-corrected chi connectivity index (χ2v) is 6.06. The summed E-state index contributed by atoms with van der Waals surface area (Å²) < 4.78 is 10.3. The topological polar surface area (TPSA) is 93.5 Å². The number of aromatic nitrogens is 1. The smallest absolute Gasteiger partial charge is 0.338 e. The predicted molar refractivity (Wildman–Crippen MR) is 92.0 cm³/mol. The Hall–Kier alpha value is -2.83. The lowest BCUT2D eigenvalue weighted by Crippen LogP contribution is -2.39. The number of benzene rings is 1. The van der Waals surface area contributed by atoms with Gasteiger partial charge < -0.3 is 19.9 Å². The van der Waals surface area contributed by atoms with Gasteiger partial charge in [-0.05, 0) is 45.4 Å². The second-order valence-electron chi connectivity index (χ2n) is 6.06. The molecule has 0 aliphatic heterocycles. The summed E-state index contributed by atoms with van der Waals surface area (Å²) in [7, 11) is 0. The van der Waals surface area contributed by atoms with Gasteiger partial charge in [0, 0.05) is 12.6 Å². The molecule has 2 amide bonds. The van der Waals surface area contributed by atoms with E-state index in [0.29, 0.717) is 23.6 Å². The lowest BCUT2D eigenvalue weighted by molar-refractivity contribution is 0.0471. The van der Waals surface area contributed by atoms with Crippen molar-refractivity contribution in [2.45, 2.75) is 46.9 Å².